The average molecular weight is 320 g/mol. The summed E-state index contributed by atoms with van der Waals surface area (Å²) in [7, 11) is -3.69. The molecule has 6 nitrogen and oxygen atoms in total. The molecule has 1 fully saturated rings. The summed E-state index contributed by atoms with van der Waals surface area (Å²) in [6, 6.07) is 3.45. The third-order valence-electron chi connectivity index (χ3n) is 2.55. The van der Waals surface area contributed by atoms with Crippen LogP contribution < -0.4 is 10.0 Å². The van der Waals surface area contributed by atoms with Gasteiger partial charge < -0.3 is 0 Å². The molecule has 1 saturated heterocycles. The number of hydrogen-bond acceptors (Lipinski definition) is 4. The molecule has 0 saturated carbocycles. The minimum Gasteiger partial charge on any atom is -0.294 e. The summed E-state index contributed by atoms with van der Waals surface area (Å²) in [6.45, 7) is 0.0489. The molecule has 92 valence electrons. The molecule has 0 bridgehead atoms. The zero-order valence-corrected chi connectivity index (χ0v) is 11.1. The molecule has 1 aliphatic heterocycles. The predicted molar refractivity (Wildman–Crippen MR) is 65.8 cm³/mol. The molecule has 1 amide bonds. The fourth-order valence-electron chi connectivity index (χ4n) is 1.68. The van der Waals surface area contributed by atoms with E-state index in [1.165, 1.54) is 11.1 Å². The molecule has 8 heteroatoms. The first-order valence-corrected chi connectivity index (χ1v) is 7.22. The Bertz CT molecular complexity index is 560. The molecule has 0 aromatic carbocycles. The Morgan fingerprint density at radius 2 is 2.24 bits per heavy atom. The number of pyridine rings is 1. The quantitative estimate of drug-likeness (QED) is 0.844. The molecule has 1 aromatic heterocycles. The minimum absolute atomic E-state index is 0.0489. The van der Waals surface area contributed by atoms with Gasteiger partial charge in [0.2, 0.25) is 15.9 Å². The molecule has 17 heavy (non-hydrogen) atoms. The number of carbonyl (C=O) groups excluding carboxylic acids is 1. The van der Waals surface area contributed by atoms with Crippen LogP contribution in [0.2, 0.25) is 0 Å². The van der Waals surface area contributed by atoms with E-state index in [1.807, 2.05) is 0 Å². The summed E-state index contributed by atoms with van der Waals surface area (Å²) in [5.74, 6) is 0.132. The fourth-order valence-corrected chi connectivity index (χ4v) is 2.88. The third kappa shape index (κ3) is 2.48. The second kappa shape index (κ2) is 4.35. The van der Waals surface area contributed by atoms with Gasteiger partial charge in [-0.05, 0) is 28.1 Å². The molecule has 1 aromatic rings. The molecule has 0 radical (unpaired) electrons. The maximum Gasteiger partial charge on any atom is 0.229 e. The first-order valence-electron chi connectivity index (χ1n) is 4.82. The number of amides is 1. The highest BCUT2D eigenvalue weighted by atomic mass is 79.9. The maximum absolute atomic E-state index is 11.7. The van der Waals surface area contributed by atoms with E-state index >= 15 is 0 Å². The number of halogens is 1. The molecule has 2 rings (SSSR count). The zero-order chi connectivity index (χ0) is 12.6. The van der Waals surface area contributed by atoms with E-state index in [2.05, 4.69) is 20.9 Å². The Hall–Kier alpha value is -0.990. The number of nitrogens with two attached hydrogens (primary N) is 1. The van der Waals surface area contributed by atoms with Crippen molar-refractivity contribution in [2.75, 3.05) is 11.4 Å². The second-order valence-corrected chi connectivity index (χ2v) is 6.43. The van der Waals surface area contributed by atoms with Crippen LogP contribution in [0, 0.1) is 0 Å². The van der Waals surface area contributed by atoms with Crippen molar-refractivity contribution in [1.82, 2.24) is 4.98 Å². The number of anilines is 1. The summed E-state index contributed by atoms with van der Waals surface area (Å²) in [5, 5.41) is 4.19. The molecule has 0 spiro atoms. The fraction of sp³-hybridized carbons (Fsp3) is 0.333. The first kappa shape index (κ1) is 12.5. The minimum atomic E-state index is -3.69. The largest absolute Gasteiger partial charge is 0.294 e. The van der Waals surface area contributed by atoms with E-state index in [9.17, 15) is 13.2 Å². The van der Waals surface area contributed by atoms with Crippen LogP contribution in [0.3, 0.4) is 0 Å². The van der Waals surface area contributed by atoms with Crippen molar-refractivity contribution >= 4 is 37.7 Å². The van der Waals surface area contributed by atoms with Crippen LogP contribution in [0.15, 0.2) is 22.8 Å². The van der Waals surface area contributed by atoms with Crippen molar-refractivity contribution in [3.05, 3.63) is 22.8 Å². The van der Waals surface area contributed by atoms with Crippen molar-refractivity contribution in [2.24, 2.45) is 5.14 Å². The molecule has 2 heterocycles. The van der Waals surface area contributed by atoms with Gasteiger partial charge in [-0.3, -0.25) is 9.69 Å². The van der Waals surface area contributed by atoms with Crippen molar-refractivity contribution in [2.45, 2.75) is 11.7 Å². The van der Waals surface area contributed by atoms with Crippen LogP contribution in [0.5, 0.6) is 0 Å². The number of rotatable bonds is 2. The van der Waals surface area contributed by atoms with Gasteiger partial charge >= 0.3 is 0 Å². The lowest BCUT2D eigenvalue weighted by Crippen LogP contribution is -2.32. The number of carbonyl (C=O) groups is 1. The van der Waals surface area contributed by atoms with Gasteiger partial charge in [-0.15, -0.1) is 0 Å². The number of primary sulfonamides is 1. The summed E-state index contributed by atoms with van der Waals surface area (Å²) in [4.78, 5) is 17.1. The summed E-state index contributed by atoms with van der Waals surface area (Å²) >= 11 is 3.27. The number of hydrogen-bond donors (Lipinski definition) is 1. The van der Waals surface area contributed by atoms with Gasteiger partial charge in [-0.1, -0.05) is 0 Å². The van der Waals surface area contributed by atoms with E-state index in [-0.39, 0.29) is 18.9 Å². The lowest BCUT2D eigenvalue weighted by Gasteiger charge is -2.16. The first-order chi connectivity index (χ1) is 7.89. The normalized spacial score (nSPS) is 20.9. The topological polar surface area (TPSA) is 93.4 Å². The number of aromatic nitrogens is 1. The summed E-state index contributed by atoms with van der Waals surface area (Å²) in [6.07, 6.45) is 1.44. The highest BCUT2D eigenvalue weighted by Crippen LogP contribution is 2.28. The van der Waals surface area contributed by atoms with Crippen LogP contribution >= 0.6 is 15.9 Å². The summed E-state index contributed by atoms with van der Waals surface area (Å²) in [5.41, 5.74) is 0. The van der Waals surface area contributed by atoms with Crippen LogP contribution in [0.4, 0.5) is 5.82 Å². The molecular formula is C9H10BrN3O3S. The van der Waals surface area contributed by atoms with Gasteiger partial charge in [0.25, 0.3) is 0 Å². The van der Waals surface area contributed by atoms with Crippen LogP contribution in [-0.2, 0) is 14.8 Å². The molecule has 1 atom stereocenters. The monoisotopic (exact) mass is 319 g/mol. The van der Waals surface area contributed by atoms with E-state index in [4.69, 9.17) is 5.14 Å². The van der Waals surface area contributed by atoms with Gasteiger partial charge in [-0.25, -0.2) is 18.5 Å². The second-order valence-electron chi connectivity index (χ2n) is 3.73. The van der Waals surface area contributed by atoms with Gasteiger partial charge in [0.15, 0.2) is 0 Å². The summed E-state index contributed by atoms with van der Waals surface area (Å²) < 4.78 is 23.1. The van der Waals surface area contributed by atoms with E-state index in [0.717, 1.165) is 0 Å². The molecule has 1 aliphatic rings. The number of sulfonamides is 1. The Kier molecular flexibility index (Phi) is 3.19. The Morgan fingerprint density at radius 1 is 1.53 bits per heavy atom. The van der Waals surface area contributed by atoms with Gasteiger partial charge in [0.05, 0.1) is 4.47 Å². The van der Waals surface area contributed by atoms with E-state index in [0.29, 0.717) is 10.3 Å². The molecule has 2 N–H and O–H groups in total. The standard InChI is InChI=1S/C9H10BrN3O3S/c10-7-2-1-3-12-9(7)13-5-6(4-8(13)14)17(11,15)16/h1-3,6H,4-5H2,(H2,11,15,16). The Morgan fingerprint density at radius 3 is 2.76 bits per heavy atom. The number of nitrogens with zero attached hydrogens (tertiary/aromatic N) is 2. The van der Waals surface area contributed by atoms with Crippen molar-refractivity contribution < 1.29 is 13.2 Å². The highest BCUT2D eigenvalue weighted by Gasteiger charge is 2.38. The third-order valence-corrected chi connectivity index (χ3v) is 4.41. The van der Waals surface area contributed by atoms with Crippen LogP contribution in [-0.4, -0.2) is 31.1 Å². The maximum atomic E-state index is 11.7. The Labute approximate surface area is 107 Å². The molecule has 0 aliphatic carbocycles. The van der Waals surface area contributed by atoms with Crippen molar-refractivity contribution in [1.29, 1.82) is 0 Å². The van der Waals surface area contributed by atoms with Crippen molar-refractivity contribution in [3.63, 3.8) is 0 Å². The van der Waals surface area contributed by atoms with Crippen LogP contribution in [0.25, 0.3) is 0 Å². The smallest absolute Gasteiger partial charge is 0.229 e. The van der Waals surface area contributed by atoms with Gasteiger partial charge in [-0.2, -0.15) is 0 Å². The Balaban J connectivity index is 2.31. The SMILES string of the molecule is NS(=O)(=O)C1CC(=O)N(c2ncccc2Br)C1. The van der Waals surface area contributed by atoms with Crippen molar-refractivity contribution in [3.8, 4) is 0 Å². The van der Waals surface area contributed by atoms with Crippen LogP contribution in [0.1, 0.15) is 6.42 Å². The predicted octanol–water partition coefficient (Wildman–Crippen LogP) is 0.238. The van der Waals surface area contributed by atoms with E-state index in [1.54, 1.807) is 12.1 Å². The highest BCUT2D eigenvalue weighted by molar-refractivity contribution is 9.10. The lowest BCUT2D eigenvalue weighted by atomic mass is 10.4. The zero-order valence-electron chi connectivity index (χ0n) is 8.71. The molecular weight excluding hydrogens is 310 g/mol. The molecule has 1 unspecified atom stereocenters. The lowest BCUT2D eigenvalue weighted by molar-refractivity contribution is -0.117. The van der Waals surface area contributed by atoms with Gasteiger partial charge in [0.1, 0.15) is 11.1 Å². The van der Waals surface area contributed by atoms with E-state index < -0.39 is 15.3 Å². The average Bonchev–Trinajstić information content (AvgIpc) is 2.61. The van der Waals surface area contributed by atoms with Gasteiger partial charge in [0, 0.05) is 19.2 Å².